The van der Waals surface area contributed by atoms with Gasteiger partial charge in [-0.05, 0) is 49.4 Å². The van der Waals surface area contributed by atoms with Crippen LogP contribution in [0.5, 0.6) is 0 Å². The van der Waals surface area contributed by atoms with Gasteiger partial charge in [-0.3, -0.25) is 9.78 Å². The second-order valence-electron chi connectivity index (χ2n) is 8.52. The summed E-state index contributed by atoms with van der Waals surface area (Å²) in [7, 11) is 0. The Balaban J connectivity index is 1.38. The molecule has 1 aliphatic carbocycles. The largest absolute Gasteiger partial charge is 0.342 e. The zero-order chi connectivity index (χ0) is 21.8. The quantitative estimate of drug-likeness (QED) is 0.566. The zero-order valence-electron chi connectivity index (χ0n) is 18.0. The van der Waals surface area contributed by atoms with Gasteiger partial charge in [0.05, 0.1) is 5.69 Å². The number of hydrogen-bond donors (Lipinski definition) is 1. The Kier molecular flexibility index (Phi) is 5.92. The first kappa shape index (κ1) is 20.4. The van der Waals surface area contributed by atoms with Gasteiger partial charge in [-0.15, -0.1) is 0 Å². The molecule has 2 atom stereocenters. The maximum absolute atomic E-state index is 12.8. The maximum Gasteiger partial charge on any atom is 0.223 e. The summed E-state index contributed by atoms with van der Waals surface area (Å²) in [6.45, 7) is 1.44. The Morgan fingerprint density at radius 1 is 1.09 bits per heavy atom. The Morgan fingerprint density at radius 3 is 2.78 bits per heavy atom. The number of nitrogens with one attached hydrogen (secondary N) is 1. The molecule has 1 amide bonds. The summed E-state index contributed by atoms with van der Waals surface area (Å²) in [6.07, 6.45) is 11.6. The van der Waals surface area contributed by atoms with Crippen molar-refractivity contribution in [2.45, 2.75) is 31.6 Å². The average Bonchev–Trinajstić information content (AvgIpc) is 3.53. The number of aromatic nitrogens is 3. The number of benzene rings is 1. The first-order valence-electron chi connectivity index (χ1n) is 11.3. The molecule has 0 unspecified atom stereocenters. The molecule has 1 aromatic carbocycles. The van der Waals surface area contributed by atoms with Crippen LogP contribution in [-0.2, 0) is 4.79 Å². The number of likely N-dealkylation sites (tertiary alicyclic amines) is 1. The van der Waals surface area contributed by atoms with Crippen molar-refractivity contribution in [2.75, 3.05) is 18.4 Å². The number of allylic oxidation sites excluding steroid dienone is 2. The molecular weight excluding hydrogens is 398 g/mol. The zero-order valence-corrected chi connectivity index (χ0v) is 18.0. The minimum absolute atomic E-state index is 0.131. The van der Waals surface area contributed by atoms with E-state index in [0.717, 1.165) is 54.4 Å². The molecular formula is C26H27N5O. The number of rotatable bonds is 6. The molecule has 1 N–H and O–H groups in total. The minimum atomic E-state index is 0.131. The molecule has 3 heterocycles. The summed E-state index contributed by atoms with van der Waals surface area (Å²) in [5.41, 5.74) is 2.76. The van der Waals surface area contributed by atoms with Crippen molar-refractivity contribution in [2.24, 2.45) is 5.92 Å². The normalized spacial score (nSPS) is 19.9. The molecule has 1 saturated heterocycles. The number of nitrogens with zero attached hydrogens (tertiary/aromatic N) is 4. The summed E-state index contributed by atoms with van der Waals surface area (Å²) in [5.74, 6) is 2.30. The van der Waals surface area contributed by atoms with Crippen LogP contribution in [0.25, 0.3) is 11.3 Å². The van der Waals surface area contributed by atoms with Crippen LogP contribution >= 0.6 is 0 Å². The molecule has 3 aromatic rings. The van der Waals surface area contributed by atoms with E-state index in [-0.39, 0.29) is 11.8 Å². The van der Waals surface area contributed by atoms with E-state index in [4.69, 9.17) is 9.97 Å². The van der Waals surface area contributed by atoms with Crippen molar-refractivity contribution in [1.29, 1.82) is 0 Å². The van der Waals surface area contributed by atoms with Crippen molar-refractivity contribution in [3.05, 3.63) is 78.9 Å². The first-order valence-corrected chi connectivity index (χ1v) is 11.3. The molecule has 2 aromatic heterocycles. The lowest BCUT2D eigenvalue weighted by Crippen LogP contribution is -2.29. The fourth-order valence-electron chi connectivity index (χ4n) is 4.46. The van der Waals surface area contributed by atoms with Crippen LogP contribution in [0.4, 0.5) is 11.5 Å². The van der Waals surface area contributed by atoms with Gasteiger partial charge in [0.2, 0.25) is 5.91 Å². The van der Waals surface area contributed by atoms with Gasteiger partial charge in [-0.2, -0.15) is 0 Å². The molecule has 0 spiro atoms. The van der Waals surface area contributed by atoms with Gasteiger partial charge in [-0.1, -0.05) is 30.4 Å². The van der Waals surface area contributed by atoms with Crippen LogP contribution in [0.2, 0.25) is 0 Å². The molecule has 0 radical (unpaired) electrons. The van der Waals surface area contributed by atoms with Crippen molar-refractivity contribution < 1.29 is 4.79 Å². The van der Waals surface area contributed by atoms with E-state index in [0.29, 0.717) is 18.9 Å². The summed E-state index contributed by atoms with van der Waals surface area (Å²) in [6, 6.07) is 15.9. The lowest BCUT2D eigenvalue weighted by molar-refractivity contribution is -0.130. The predicted molar refractivity (Wildman–Crippen MR) is 125 cm³/mol. The molecule has 2 aliphatic rings. The van der Waals surface area contributed by atoms with Crippen LogP contribution in [0.15, 0.2) is 73.1 Å². The van der Waals surface area contributed by atoms with E-state index in [2.05, 4.69) is 22.5 Å². The highest BCUT2D eigenvalue weighted by atomic mass is 16.2. The molecule has 6 heteroatoms. The number of anilines is 2. The smallest absolute Gasteiger partial charge is 0.223 e. The maximum atomic E-state index is 12.8. The SMILES string of the molecule is O=C(C[C@@H]1C=CCC1)N1CC[C@@H](c2nc(Nc3ccccc3)cc(-c3cccnc3)n2)C1. The van der Waals surface area contributed by atoms with E-state index in [1.165, 1.54) is 0 Å². The van der Waals surface area contributed by atoms with Gasteiger partial charge in [-0.25, -0.2) is 9.97 Å². The van der Waals surface area contributed by atoms with Crippen LogP contribution in [0.1, 0.15) is 37.4 Å². The summed E-state index contributed by atoms with van der Waals surface area (Å²) in [5, 5.41) is 3.40. The van der Waals surface area contributed by atoms with Crippen LogP contribution in [0, 0.1) is 5.92 Å². The van der Waals surface area contributed by atoms with E-state index in [9.17, 15) is 4.79 Å². The second-order valence-corrected chi connectivity index (χ2v) is 8.52. The Hall–Kier alpha value is -3.54. The van der Waals surface area contributed by atoms with Crippen molar-refractivity contribution in [3.8, 4) is 11.3 Å². The minimum Gasteiger partial charge on any atom is -0.342 e. The summed E-state index contributed by atoms with van der Waals surface area (Å²) < 4.78 is 0. The molecule has 32 heavy (non-hydrogen) atoms. The number of pyridine rings is 1. The van der Waals surface area contributed by atoms with E-state index in [1.807, 2.05) is 59.6 Å². The van der Waals surface area contributed by atoms with Gasteiger partial charge in [0.15, 0.2) is 0 Å². The van der Waals surface area contributed by atoms with E-state index in [1.54, 1.807) is 6.20 Å². The van der Waals surface area contributed by atoms with Crippen LogP contribution < -0.4 is 5.32 Å². The van der Waals surface area contributed by atoms with Crippen molar-refractivity contribution in [3.63, 3.8) is 0 Å². The fraction of sp³-hybridized carbons (Fsp3) is 0.308. The molecule has 6 nitrogen and oxygen atoms in total. The Bertz CT molecular complexity index is 1100. The average molecular weight is 426 g/mol. The number of hydrogen-bond acceptors (Lipinski definition) is 5. The lowest BCUT2D eigenvalue weighted by atomic mass is 10.0. The number of carbonyl (C=O) groups is 1. The molecule has 5 rings (SSSR count). The highest BCUT2D eigenvalue weighted by Gasteiger charge is 2.30. The van der Waals surface area contributed by atoms with Gasteiger partial charge in [0.25, 0.3) is 0 Å². The van der Waals surface area contributed by atoms with Gasteiger partial charge in [0.1, 0.15) is 11.6 Å². The highest BCUT2D eigenvalue weighted by Crippen LogP contribution is 2.30. The number of carbonyl (C=O) groups excluding carboxylic acids is 1. The fourth-order valence-corrected chi connectivity index (χ4v) is 4.46. The van der Waals surface area contributed by atoms with Crippen molar-refractivity contribution in [1.82, 2.24) is 19.9 Å². The van der Waals surface area contributed by atoms with Gasteiger partial charge >= 0.3 is 0 Å². The topological polar surface area (TPSA) is 71.0 Å². The van der Waals surface area contributed by atoms with Gasteiger partial charge in [0, 0.05) is 55.1 Å². The molecule has 1 aliphatic heterocycles. The van der Waals surface area contributed by atoms with E-state index >= 15 is 0 Å². The lowest BCUT2D eigenvalue weighted by Gasteiger charge is -2.18. The molecule has 1 fully saturated rings. The van der Waals surface area contributed by atoms with Gasteiger partial charge < -0.3 is 10.2 Å². The third-order valence-electron chi connectivity index (χ3n) is 6.20. The molecule has 0 bridgehead atoms. The van der Waals surface area contributed by atoms with Crippen molar-refractivity contribution >= 4 is 17.4 Å². The molecule has 162 valence electrons. The summed E-state index contributed by atoms with van der Waals surface area (Å²) in [4.78, 5) is 28.8. The Morgan fingerprint density at radius 2 is 2.00 bits per heavy atom. The third-order valence-corrected chi connectivity index (χ3v) is 6.20. The van der Waals surface area contributed by atoms with Crippen LogP contribution in [-0.4, -0.2) is 38.8 Å². The standard InChI is InChI=1S/C26H27N5O/c32-25(15-19-7-4-5-8-19)31-14-12-21(18-31)26-29-23(20-9-6-13-27-17-20)16-24(30-26)28-22-10-2-1-3-11-22/h1-4,6-7,9-11,13,16-17,19,21H,5,8,12,14-15,18H2,(H,28,29,30)/t19-,21-/m1/s1. The summed E-state index contributed by atoms with van der Waals surface area (Å²) >= 11 is 0. The second kappa shape index (κ2) is 9.30. The monoisotopic (exact) mass is 425 g/mol. The van der Waals surface area contributed by atoms with Crippen LogP contribution in [0.3, 0.4) is 0 Å². The first-order chi connectivity index (χ1) is 15.7. The van der Waals surface area contributed by atoms with E-state index < -0.39 is 0 Å². The predicted octanol–water partition coefficient (Wildman–Crippen LogP) is 4.95. The highest BCUT2D eigenvalue weighted by molar-refractivity contribution is 5.77. The molecule has 0 saturated carbocycles. The third kappa shape index (κ3) is 4.69. The number of amides is 1. The number of para-hydroxylation sites is 1. The Labute approximate surface area is 188 Å².